The van der Waals surface area contributed by atoms with Gasteiger partial charge in [-0.05, 0) is 42.9 Å². The first-order chi connectivity index (χ1) is 22.0. The van der Waals surface area contributed by atoms with Gasteiger partial charge in [-0.1, -0.05) is 133 Å². The van der Waals surface area contributed by atoms with Crippen LogP contribution in [0.5, 0.6) is 23.0 Å². The molecule has 246 valence electrons. The van der Waals surface area contributed by atoms with E-state index in [2.05, 4.69) is 13.8 Å². The predicted octanol–water partition coefficient (Wildman–Crippen LogP) is 11.2. The van der Waals surface area contributed by atoms with Crippen molar-refractivity contribution in [2.24, 2.45) is 0 Å². The summed E-state index contributed by atoms with van der Waals surface area (Å²) in [5.41, 5.74) is 2.90. The van der Waals surface area contributed by atoms with Crippen LogP contribution in [-0.2, 0) is 0 Å². The van der Waals surface area contributed by atoms with Crippen molar-refractivity contribution in [2.75, 3.05) is 20.8 Å². The van der Waals surface area contributed by atoms with Crippen LogP contribution in [0.25, 0.3) is 22.3 Å². The van der Waals surface area contributed by atoms with Crippen LogP contribution in [0.1, 0.15) is 104 Å². The molecule has 7 heteroatoms. The zero-order valence-electron chi connectivity index (χ0n) is 28.1. The normalized spacial score (nSPS) is 11.7. The van der Waals surface area contributed by atoms with Crippen LogP contribution in [0.4, 0.5) is 5.69 Å². The Morgan fingerprint density at radius 2 is 1.22 bits per heavy atom. The molecule has 0 N–H and O–H groups in total. The van der Waals surface area contributed by atoms with Crippen LogP contribution in [0.2, 0.25) is 0 Å². The third-order valence-corrected chi connectivity index (χ3v) is 8.20. The molecule has 0 saturated carbocycles. The molecular formula is C38H53NO6. The minimum Gasteiger partial charge on any atom is -0.492 e. The molecule has 0 amide bonds. The zero-order chi connectivity index (χ0) is 32.4. The van der Waals surface area contributed by atoms with E-state index in [-0.39, 0.29) is 29.0 Å². The van der Waals surface area contributed by atoms with Crippen molar-refractivity contribution in [3.8, 4) is 45.3 Å². The van der Waals surface area contributed by atoms with E-state index in [0.717, 1.165) is 68.1 Å². The summed E-state index contributed by atoms with van der Waals surface area (Å²) in [6.45, 7) is 6.69. The van der Waals surface area contributed by atoms with Gasteiger partial charge in [0.1, 0.15) is 0 Å². The molecular weight excluding hydrogens is 566 g/mol. The molecule has 3 aromatic carbocycles. The van der Waals surface area contributed by atoms with Crippen LogP contribution in [0.3, 0.4) is 0 Å². The monoisotopic (exact) mass is 619 g/mol. The van der Waals surface area contributed by atoms with Crippen LogP contribution in [0.15, 0.2) is 54.6 Å². The highest BCUT2D eigenvalue weighted by Crippen LogP contribution is 2.58. The fraction of sp³-hybridized carbons (Fsp3) is 0.526. The van der Waals surface area contributed by atoms with Gasteiger partial charge in [-0.3, -0.25) is 10.1 Å². The molecule has 0 fully saturated rings. The maximum absolute atomic E-state index is 12.9. The van der Waals surface area contributed by atoms with E-state index < -0.39 is 4.92 Å². The molecule has 3 aromatic rings. The van der Waals surface area contributed by atoms with Gasteiger partial charge >= 0.3 is 5.69 Å². The first-order valence-electron chi connectivity index (χ1n) is 16.9. The maximum atomic E-state index is 12.9. The molecule has 0 heterocycles. The molecule has 7 nitrogen and oxygen atoms in total. The topological polar surface area (TPSA) is 80.1 Å². The number of nitrogens with zero attached hydrogens (tertiary/aromatic N) is 1. The number of rotatable bonds is 22. The van der Waals surface area contributed by atoms with Gasteiger partial charge in [0.2, 0.25) is 17.2 Å². The van der Waals surface area contributed by atoms with E-state index in [0.29, 0.717) is 17.9 Å². The van der Waals surface area contributed by atoms with Gasteiger partial charge in [-0.25, -0.2) is 0 Å². The maximum Gasteiger partial charge on any atom is 0.357 e. The van der Waals surface area contributed by atoms with Gasteiger partial charge in [-0.2, -0.15) is 0 Å². The number of nitro benzene ring substituents is 1. The molecule has 0 bridgehead atoms. The molecule has 0 aromatic heterocycles. The van der Waals surface area contributed by atoms with E-state index in [1.807, 2.05) is 61.5 Å². The van der Waals surface area contributed by atoms with E-state index >= 15 is 0 Å². The van der Waals surface area contributed by atoms with Crippen LogP contribution < -0.4 is 18.9 Å². The molecule has 0 spiro atoms. The third-order valence-electron chi connectivity index (χ3n) is 8.20. The number of unbranched alkanes of at least 4 members (excludes halogenated alkanes) is 10. The second-order valence-corrected chi connectivity index (χ2v) is 11.7. The van der Waals surface area contributed by atoms with Crippen LogP contribution >= 0.6 is 0 Å². The largest absolute Gasteiger partial charge is 0.492 e. The van der Waals surface area contributed by atoms with Crippen molar-refractivity contribution >= 4 is 5.69 Å². The van der Waals surface area contributed by atoms with E-state index in [1.54, 1.807) is 7.11 Å². The number of benzene rings is 3. The number of nitro groups is 1. The fourth-order valence-corrected chi connectivity index (χ4v) is 5.79. The van der Waals surface area contributed by atoms with Crippen molar-refractivity contribution in [1.29, 1.82) is 0 Å². The van der Waals surface area contributed by atoms with Crippen molar-refractivity contribution in [2.45, 2.75) is 110 Å². The Morgan fingerprint density at radius 1 is 0.667 bits per heavy atom. The Balaban J connectivity index is 2.10. The molecule has 0 aliphatic heterocycles. The number of hydrogen-bond acceptors (Lipinski definition) is 6. The van der Waals surface area contributed by atoms with E-state index in [1.165, 1.54) is 39.2 Å². The predicted molar refractivity (Wildman–Crippen MR) is 184 cm³/mol. The Hall–Kier alpha value is -3.74. The quantitative estimate of drug-likeness (QED) is 0.0632. The average Bonchev–Trinajstić information content (AvgIpc) is 3.05. The van der Waals surface area contributed by atoms with Crippen LogP contribution in [0, 0.1) is 10.1 Å². The molecule has 3 rings (SSSR count). The first-order valence-corrected chi connectivity index (χ1v) is 16.9. The number of ether oxygens (including phenoxy) is 4. The highest BCUT2D eigenvalue weighted by Gasteiger charge is 2.37. The second-order valence-electron chi connectivity index (χ2n) is 11.7. The highest BCUT2D eigenvalue weighted by molar-refractivity contribution is 5.94. The van der Waals surface area contributed by atoms with Gasteiger partial charge in [0.25, 0.3) is 0 Å². The summed E-state index contributed by atoms with van der Waals surface area (Å²) in [5.74, 6) is 0.749. The second kappa shape index (κ2) is 19.6. The Labute approximate surface area is 270 Å². The smallest absolute Gasteiger partial charge is 0.357 e. The lowest BCUT2D eigenvalue weighted by Crippen LogP contribution is -2.15. The summed E-state index contributed by atoms with van der Waals surface area (Å²) >= 11 is 0. The standard InChI is InChI=1S/C38H53NO6/c1-6-8-10-12-13-14-15-22-28-44-35-33(32-27-21-20-26-31(32)30-24-18-16-19-25-30)36(42-4)38(43-5)37(34(35)39(40)41)45-29(3)23-17-11-9-7-2/h16,18-21,24-27,29H,6-15,17,22-23,28H2,1-5H3. The van der Waals surface area contributed by atoms with Crippen molar-refractivity contribution in [1.82, 2.24) is 0 Å². The molecule has 45 heavy (non-hydrogen) atoms. The molecule has 0 radical (unpaired) electrons. The van der Waals surface area contributed by atoms with Crippen molar-refractivity contribution in [3.05, 3.63) is 64.7 Å². The minimum absolute atomic E-state index is 0.0502. The van der Waals surface area contributed by atoms with Crippen molar-refractivity contribution in [3.63, 3.8) is 0 Å². The summed E-state index contributed by atoms with van der Waals surface area (Å²) in [4.78, 5) is 12.5. The summed E-state index contributed by atoms with van der Waals surface area (Å²) in [6, 6.07) is 17.8. The lowest BCUT2D eigenvalue weighted by atomic mass is 9.92. The Kier molecular flexibility index (Phi) is 15.6. The van der Waals surface area contributed by atoms with Crippen LogP contribution in [-0.4, -0.2) is 31.9 Å². The minimum atomic E-state index is -0.404. The van der Waals surface area contributed by atoms with Gasteiger partial charge in [-0.15, -0.1) is 0 Å². The molecule has 0 aliphatic carbocycles. The average molecular weight is 620 g/mol. The zero-order valence-corrected chi connectivity index (χ0v) is 28.1. The molecule has 1 atom stereocenters. The molecule has 0 aliphatic rings. The first kappa shape index (κ1) is 35.7. The summed E-state index contributed by atoms with van der Waals surface area (Å²) in [6.07, 6.45) is 14.0. The van der Waals surface area contributed by atoms with Gasteiger partial charge in [0.05, 0.1) is 37.4 Å². The van der Waals surface area contributed by atoms with Gasteiger partial charge < -0.3 is 18.9 Å². The lowest BCUT2D eigenvalue weighted by molar-refractivity contribution is -0.387. The summed E-state index contributed by atoms with van der Waals surface area (Å²) < 4.78 is 24.7. The molecule has 1 unspecified atom stereocenters. The lowest BCUT2D eigenvalue weighted by Gasteiger charge is -2.24. The van der Waals surface area contributed by atoms with Gasteiger partial charge in [0.15, 0.2) is 5.75 Å². The van der Waals surface area contributed by atoms with E-state index in [4.69, 9.17) is 18.9 Å². The Morgan fingerprint density at radius 3 is 1.82 bits per heavy atom. The Bertz CT molecular complexity index is 1310. The summed E-state index contributed by atoms with van der Waals surface area (Å²) in [5, 5.41) is 12.9. The van der Waals surface area contributed by atoms with E-state index in [9.17, 15) is 10.1 Å². The van der Waals surface area contributed by atoms with Crippen molar-refractivity contribution < 1.29 is 23.9 Å². The highest BCUT2D eigenvalue weighted by atomic mass is 16.6. The van der Waals surface area contributed by atoms with Gasteiger partial charge in [0, 0.05) is 0 Å². The third kappa shape index (κ3) is 10.1. The molecule has 0 saturated heterocycles. The number of hydrogen-bond donors (Lipinski definition) is 0. The number of methoxy groups -OCH3 is 2. The SMILES string of the molecule is CCCCCCCCCCOc1c(-c2ccccc2-c2ccccc2)c(OC)c(OC)c(OC(C)CCCCCC)c1[N+](=O)[O-]. The summed E-state index contributed by atoms with van der Waals surface area (Å²) in [7, 11) is 3.05. The fourth-order valence-electron chi connectivity index (χ4n) is 5.79.